The maximum Gasteiger partial charge on any atom is 0.337 e. The van der Waals surface area contributed by atoms with Crippen molar-refractivity contribution in [2.45, 2.75) is 19.8 Å². The lowest BCUT2D eigenvalue weighted by Gasteiger charge is -2.29. The van der Waals surface area contributed by atoms with Crippen LogP contribution in [0.2, 0.25) is 0 Å². The highest BCUT2D eigenvalue weighted by Gasteiger charge is 2.35. The van der Waals surface area contributed by atoms with Gasteiger partial charge in [-0.15, -0.1) is 0 Å². The van der Waals surface area contributed by atoms with Crippen molar-refractivity contribution in [1.29, 1.82) is 5.26 Å². The van der Waals surface area contributed by atoms with Gasteiger partial charge in [0.1, 0.15) is 6.61 Å². The quantitative estimate of drug-likeness (QED) is 0.554. The lowest BCUT2D eigenvalue weighted by molar-refractivity contribution is -0.138. The molecule has 0 aliphatic carbocycles. The van der Waals surface area contributed by atoms with Gasteiger partial charge in [0.25, 0.3) is 0 Å². The summed E-state index contributed by atoms with van der Waals surface area (Å²) < 4.78 is 5.24. The second kappa shape index (κ2) is 9.10. The Labute approximate surface area is 162 Å². The summed E-state index contributed by atoms with van der Waals surface area (Å²) in [5.74, 6) is -1.57. The Kier molecular flexibility index (Phi) is 6.85. The predicted molar refractivity (Wildman–Crippen MR) is 105 cm³/mol. The smallest absolute Gasteiger partial charge is 0.337 e. The molecule has 0 bridgehead atoms. The molecule has 1 aromatic rings. The number of allylic oxidation sites excluding steroid dienone is 2. The number of hydrogen-bond acceptors (Lipinski definition) is 6. The van der Waals surface area contributed by atoms with Gasteiger partial charge in [-0.2, -0.15) is 5.26 Å². The summed E-state index contributed by atoms with van der Waals surface area (Å²) in [4.78, 5) is 23.8. The van der Waals surface area contributed by atoms with Gasteiger partial charge in [-0.3, -0.25) is 4.79 Å². The molecule has 1 aliphatic rings. The molecule has 0 saturated carbocycles. The molecule has 7 heteroatoms. The van der Waals surface area contributed by atoms with Gasteiger partial charge < -0.3 is 15.8 Å². The van der Waals surface area contributed by atoms with E-state index >= 15 is 0 Å². The monoisotopic (exact) mass is 383 g/mol. The summed E-state index contributed by atoms with van der Waals surface area (Å²) >= 11 is 1.14. The van der Waals surface area contributed by atoms with Crippen LogP contribution in [0.25, 0.3) is 0 Å². The topological polar surface area (TPSA) is 105 Å². The number of nitriles is 1. The van der Waals surface area contributed by atoms with Gasteiger partial charge in [0.15, 0.2) is 0 Å². The van der Waals surface area contributed by atoms with Crippen LogP contribution in [0, 0.1) is 18.3 Å². The summed E-state index contributed by atoms with van der Waals surface area (Å²) in [6.07, 6.45) is 1.49. The van der Waals surface area contributed by atoms with Crippen LogP contribution in [0.15, 0.2) is 58.8 Å². The van der Waals surface area contributed by atoms with E-state index in [1.807, 2.05) is 31.2 Å². The molecular formula is C20H21N3O3S. The van der Waals surface area contributed by atoms with E-state index in [0.29, 0.717) is 21.9 Å². The van der Waals surface area contributed by atoms with Crippen LogP contribution in [0.1, 0.15) is 24.0 Å². The lowest BCUT2D eigenvalue weighted by Crippen LogP contribution is -2.29. The Hall–Kier alpha value is -2.98. The van der Waals surface area contributed by atoms with Gasteiger partial charge in [-0.1, -0.05) is 54.2 Å². The average molecular weight is 383 g/mol. The normalized spacial score (nSPS) is 16.4. The average Bonchev–Trinajstić information content (AvgIpc) is 2.64. The largest absolute Gasteiger partial charge is 0.458 e. The third-order valence-electron chi connectivity index (χ3n) is 3.97. The van der Waals surface area contributed by atoms with E-state index in [1.54, 1.807) is 6.92 Å². The first-order chi connectivity index (χ1) is 12.9. The summed E-state index contributed by atoms with van der Waals surface area (Å²) in [6.45, 7) is 7.33. The Morgan fingerprint density at radius 1 is 1.37 bits per heavy atom. The number of primary amides is 1. The number of dihydropyridines is 1. The number of hydrogen-bond donors (Lipinski definition) is 2. The Morgan fingerprint density at radius 3 is 2.59 bits per heavy atom. The van der Waals surface area contributed by atoms with Crippen LogP contribution in [-0.4, -0.2) is 24.2 Å². The van der Waals surface area contributed by atoms with E-state index < -0.39 is 17.8 Å². The minimum Gasteiger partial charge on any atom is -0.458 e. The van der Waals surface area contributed by atoms with Gasteiger partial charge in [0, 0.05) is 5.70 Å². The van der Waals surface area contributed by atoms with E-state index in [-0.39, 0.29) is 12.4 Å². The van der Waals surface area contributed by atoms with Crippen LogP contribution < -0.4 is 11.1 Å². The van der Waals surface area contributed by atoms with Gasteiger partial charge in [-0.05, 0) is 19.4 Å². The molecule has 0 unspecified atom stereocenters. The van der Waals surface area contributed by atoms with E-state index in [0.717, 1.165) is 22.9 Å². The fourth-order valence-corrected chi connectivity index (χ4v) is 3.58. The van der Waals surface area contributed by atoms with Crippen molar-refractivity contribution < 1.29 is 14.3 Å². The number of amides is 1. The van der Waals surface area contributed by atoms with Crippen LogP contribution >= 0.6 is 11.8 Å². The zero-order valence-electron chi connectivity index (χ0n) is 15.2. The molecule has 140 valence electrons. The molecule has 0 aromatic heterocycles. The van der Waals surface area contributed by atoms with Crippen LogP contribution in [0.5, 0.6) is 0 Å². The summed E-state index contributed by atoms with van der Waals surface area (Å²) in [6, 6.07) is 9.79. The SMILES string of the molecule is C=CCOC(=O)C1=C(C)NC(SCC(N)=O)=C(C#N)[C@H]1c1ccc(C)cc1. The number of nitrogens with zero attached hydrogens (tertiary/aromatic N) is 1. The first-order valence-corrected chi connectivity index (χ1v) is 9.25. The Morgan fingerprint density at radius 2 is 2.04 bits per heavy atom. The van der Waals surface area contributed by atoms with Crippen molar-refractivity contribution in [3.63, 3.8) is 0 Å². The minimum atomic E-state index is -0.593. The van der Waals surface area contributed by atoms with Crippen LogP contribution in [-0.2, 0) is 14.3 Å². The van der Waals surface area contributed by atoms with Gasteiger partial charge in [-0.25, -0.2) is 4.79 Å². The number of benzene rings is 1. The van der Waals surface area contributed by atoms with Crippen molar-refractivity contribution in [3.05, 3.63) is 69.9 Å². The minimum absolute atomic E-state index is 0.0255. The fourth-order valence-electron chi connectivity index (χ4n) is 2.74. The number of esters is 1. The number of thioether (sulfide) groups is 1. The summed E-state index contributed by atoms with van der Waals surface area (Å²) in [5.41, 5.74) is 8.37. The summed E-state index contributed by atoms with van der Waals surface area (Å²) in [5, 5.41) is 13.4. The molecule has 6 nitrogen and oxygen atoms in total. The van der Waals surface area contributed by atoms with Crippen molar-refractivity contribution in [2.75, 3.05) is 12.4 Å². The molecule has 2 rings (SSSR count). The zero-order chi connectivity index (χ0) is 20.0. The van der Waals surface area contributed by atoms with E-state index in [9.17, 15) is 14.9 Å². The standard InChI is InChI=1S/C20H21N3O3S/c1-4-9-26-20(25)17-13(3)23-19(27-11-16(22)24)15(10-21)18(17)14-7-5-12(2)6-8-14/h4-8,18,23H,1,9,11H2,2-3H3,(H2,22,24)/t18-/m1/s1. The maximum atomic E-state index is 12.7. The molecule has 1 heterocycles. The zero-order valence-corrected chi connectivity index (χ0v) is 16.1. The van der Waals surface area contributed by atoms with Crippen molar-refractivity contribution in [3.8, 4) is 6.07 Å². The highest BCUT2D eigenvalue weighted by Crippen LogP contribution is 2.40. The number of carbonyl (C=O) groups excluding carboxylic acids is 2. The molecule has 0 saturated heterocycles. The van der Waals surface area contributed by atoms with Gasteiger partial charge in [0.2, 0.25) is 5.91 Å². The number of nitrogens with one attached hydrogen (secondary N) is 1. The molecule has 1 aromatic carbocycles. The number of ether oxygens (including phenoxy) is 1. The van der Waals surface area contributed by atoms with E-state index in [2.05, 4.69) is 18.0 Å². The third kappa shape index (κ3) is 4.80. The second-order valence-electron chi connectivity index (χ2n) is 6.00. The molecule has 1 aliphatic heterocycles. The second-order valence-corrected chi connectivity index (χ2v) is 6.99. The molecular weight excluding hydrogens is 362 g/mol. The van der Waals surface area contributed by atoms with E-state index in [4.69, 9.17) is 10.5 Å². The number of nitrogens with two attached hydrogens (primary N) is 1. The molecule has 0 spiro atoms. The molecule has 1 atom stereocenters. The van der Waals surface area contributed by atoms with Crippen molar-refractivity contribution in [2.24, 2.45) is 5.73 Å². The highest BCUT2D eigenvalue weighted by molar-refractivity contribution is 8.03. The first kappa shape index (κ1) is 20.3. The maximum absolute atomic E-state index is 12.7. The molecule has 3 N–H and O–H groups in total. The van der Waals surface area contributed by atoms with Crippen LogP contribution in [0.4, 0.5) is 0 Å². The molecule has 27 heavy (non-hydrogen) atoms. The number of aryl methyl sites for hydroxylation is 1. The predicted octanol–water partition coefficient (Wildman–Crippen LogP) is 2.64. The molecule has 0 radical (unpaired) electrons. The Bertz CT molecular complexity index is 863. The highest BCUT2D eigenvalue weighted by atomic mass is 32.2. The lowest BCUT2D eigenvalue weighted by atomic mass is 9.82. The molecule has 1 amide bonds. The van der Waals surface area contributed by atoms with E-state index in [1.165, 1.54) is 6.08 Å². The fraction of sp³-hybridized carbons (Fsp3) is 0.250. The molecule has 0 fully saturated rings. The van der Waals surface area contributed by atoms with Crippen LogP contribution in [0.3, 0.4) is 0 Å². The van der Waals surface area contributed by atoms with Gasteiger partial charge >= 0.3 is 5.97 Å². The first-order valence-electron chi connectivity index (χ1n) is 8.26. The number of rotatable bonds is 7. The van der Waals surface area contributed by atoms with Crippen molar-refractivity contribution in [1.82, 2.24) is 5.32 Å². The summed E-state index contributed by atoms with van der Waals surface area (Å²) in [7, 11) is 0. The van der Waals surface area contributed by atoms with Gasteiger partial charge in [0.05, 0.1) is 33.9 Å². The van der Waals surface area contributed by atoms with Crippen molar-refractivity contribution >= 4 is 23.6 Å². The Balaban J connectivity index is 2.55. The number of carbonyl (C=O) groups is 2. The third-order valence-corrected chi connectivity index (χ3v) is 5.01.